The minimum absolute atomic E-state index is 0.116. The van der Waals surface area contributed by atoms with Gasteiger partial charge in [-0.1, -0.05) is 66.0 Å². The lowest BCUT2D eigenvalue weighted by atomic mass is 10.1. The van der Waals surface area contributed by atoms with Crippen molar-refractivity contribution in [3.8, 4) is 0 Å². The summed E-state index contributed by atoms with van der Waals surface area (Å²) in [5, 5.41) is 3.96. The Labute approximate surface area is 206 Å². The lowest BCUT2D eigenvalue weighted by molar-refractivity contribution is -0.140. The fourth-order valence-electron chi connectivity index (χ4n) is 3.37. The average Bonchev–Trinajstić information content (AvgIpc) is 2.68. The van der Waals surface area contributed by atoms with Gasteiger partial charge in [-0.05, 0) is 51.8 Å². The third-order valence-electron chi connectivity index (χ3n) is 4.85. The van der Waals surface area contributed by atoms with Crippen molar-refractivity contribution in [3.63, 3.8) is 0 Å². The van der Waals surface area contributed by atoms with Gasteiger partial charge in [-0.3, -0.25) is 9.59 Å². The molecule has 0 aliphatic heterocycles. The Kier molecular flexibility index (Phi) is 9.93. The Morgan fingerprint density at radius 1 is 1.09 bits per heavy atom. The van der Waals surface area contributed by atoms with Gasteiger partial charge in [0.05, 0.1) is 5.75 Å². The average molecular weight is 496 g/mol. The molecule has 1 N–H and O–H groups in total. The third-order valence-corrected chi connectivity index (χ3v) is 6.55. The maximum Gasteiger partial charge on any atom is 0.243 e. The number of amides is 2. The highest BCUT2D eigenvalue weighted by Crippen LogP contribution is 2.27. The molecule has 1 unspecified atom stereocenters. The molecule has 32 heavy (non-hydrogen) atoms. The molecule has 0 bridgehead atoms. The molecule has 0 aliphatic carbocycles. The summed E-state index contributed by atoms with van der Waals surface area (Å²) in [5.41, 5.74) is 2.60. The highest BCUT2D eigenvalue weighted by molar-refractivity contribution is 7.99. The zero-order valence-corrected chi connectivity index (χ0v) is 21.7. The summed E-state index contributed by atoms with van der Waals surface area (Å²) in [5.74, 6) is 0.684. The van der Waals surface area contributed by atoms with E-state index in [1.807, 2.05) is 46.8 Å². The zero-order chi connectivity index (χ0) is 23.9. The van der Waals surface area contributed by atoms with E-state index in [1.54, 1.807) is 23.1 Å². The molecule has 2 amide bonds. The van der Waals surface area contributed by atoms with E-state index in [9.17, 15) is 9.59 Å². The van der Waals surface area contributed by atoms with Gasteiger partial charge >= 0.3 is 0 Å². The van der Waals surface area contributed by atoms with Gasteiger partial charge in [-0.15, -0.1) is 11.8 Å². The minimum atomic E-state index is -0.617. The first kappa shape index (κ1) is 26.6. The van der Waals surface area contributed by atoms with E-state index in [1.165, 1.54) is 22.9 Å². The molecule has 2 rings (SSSR count). The highest BCUT2D eigenvalue weighted by atomic mass is 35.5. The summed E-state index contributed by atoms with van der Waals surface area (Å²) < 4.78 is 0. The molecule has 1 atom stereocenters. The fraction of sp³-hybridized carbons (Fsp3) is 0.440. The van der Waals surface area contributed by atoms with Gasteiger partial charge in [0.2, 0.25) is 11.8 Å². The number of carbonyl (C=O) groups excluding carboxylic acids is 2. The van der Waals surface area contributed by atoms with Gasteiger partial charge in [0.15, 0.2) is 0 Å². The normalized spacial score (nSPS) is 12.3. The molecule has 0 aromatic heterocycles. The molecule has 4 nitrogen and oxygen atoms in total. The van der Waals surface area contributed by atoms with E-state index in [0.29, 0.717) is 22.0 Å². The first-order valence-corrected chi connectivity index (χ1v) is 12.6. The number of nitrogens with zero attached hydrogens (tertiary/aromatic N) is 1. The third kappa shape index (κ3) is 8.02. The number of thioether (sulfide) groups is 1. The zero-order valence-electron chi connectivity index (χ0n) is 19.4. The van der Waals surface area contributed by atoms with Crippen molar-refractivity contribution in [2.75, 3.05) is 5.75 Å². The molecular formula is C25H32Cl2N2O2S. The summed E-state index contributed by atoms with van der Waals surface area (Å²) in [6.45, 7) is 9.90. The van der Waals surface area contributed by atoms with E-state index in [4.69, 9.17) is 23.2 Å². The molecule has 0 spiro atoms. The van der Waals surface area contributed by atoms with Crippen molar-refractivity contribution in [2.45, 2.75) is 64.9 Å². The predicted octanol–water partition coefficient (Wildman–Crippen LogP) is 6.26. The Morgan fingerprint density at radius 3 is 2.28 bits per heavy atom. The van der Waals surface area contributed by atoms with E-state index in [-0.39, 0.29) is 24.1 Å². The van der Waals surface area contributed by atoms with Crippen LogP contribution in [-0.2, 0) is 21.9 Å². The van der Waals surface area contributed by atoms with Crippen LogP contribution in [0.4, 0.5) is 0 Å². The van der Waals surface area contributed by atoms with Crippen LogP contribution in [0.25, 0.3) is 0 Å². The molecule has 0 heterocycles. The van der Waals surface area contributed by atoms with Crippen LogP contribution in [0.15, 0.2) is 42.5 Å². The Hall–Kier alpha value is -1.69. The second kappa shape index (κ2) is 12.0. The van der Waals surface area contributed by atoms with Crippen LogP contribution in [0.3, 0.4) is 0 Å². The van der Waals surface area contributed by atoms with Crippen LogP contribution in [0.5, 0.6) is 0 Å². The second-order valence-corrected chi connectivity index (χ2v) is 10.7. The van der Waals surface area contributed by atoms with Crippen LogP contribution in [0.2, 0.25) is 10.0 Å². The molecule has 0 fully saturated rings. The number of nitrogens with one attached hydrogen (secondary N) is 1. The van der Waals surface area contributed by atoms with Crippen molar-refractivity contribution in [3.05, 3.63) is 69.2 Å². The van der Waals surface area contributed by atoms with Gasteiger partial charge in [0.25, 0.3) is 0 Å². The molecule has 174 valence electrons. The Bertz CT molecular complexity index is 924. The Morgan fingerprint density at radius 2 is 1.72 bits per heavy atom. The maximum atomic E-state index is 13.3. The number of halogens is 2. The van der Waals surface area contributed by atoms with Crippen molar-refractivity contribution in [1.29, 1.82) is 0 Å². The minimum Gasteiger partial charge on any atom is -0.350 e. The van der Waals surface area contributed by atoms with Crippen molar-refractivity contribution < 1.29 is 9.59 Å². The first-order valence-electron chi connectivity index (χ1n) is 10.7. The number of benzene rings is 2. The smallest absolute Gasteiger partial charge is 0.243 e. The van der Waals surface area contributed by atoms with Crippen molar-refractivity contribution in [2.24, 2.45) is 0 Å². The van der Waals surface area contributed by atoms with Crippen molar-refractivity contribution in [1.82, 2.24) is 10.2 Å². The van der Waals surface area contributed by atoms with Crippen LogP contribution < -0.4 is 5.32 Å². The van der Waals surface area contributed by atoms with Crippen LogP contribution >= 0.6 is 35.0 Å². The quantitative estimate of drug-likeness (QED) is 0.447. The molecule has 2 aromatic carbocycles. The topological polar surface area (TPSA) is 49.4 Å². The number of hydrogen-bond acceptors (Lipinski definition) is 3. The van der Waals surface area contributed by atoms with E-state index in [2.05, 4.69) is 17.4 Å². The molecule has 0 saturated heterocycles. The molecule has 0 aliphatic rings. The van der Waals surface area contributed by atoms with Crippen molar-refractivity contribution >= 4 is 46.8 Å². The summed E-state index contributed by atoms with van der Waals surface area (Å²) in [7, 11) is 0. The number of hydrogen-bond donors (Lipinski definition) is 1. The van der Waals surface area contributed by atoms with Gasteiger partial charge in [0, 0.05) is 33.4 Å². The summed E-state index contributed by atoms with van der Waals surface area (Å²) in [4.78, 5) is 28.0. The highest BCUT2D eigenvalue weighted by Gasteiger charge is 2.31. The monoisotopic (exact) mass is 494 g/mol. The fourth-order valence-corrected chi connectivity index (χ4v) is 4.74. The number of carbonyl (C=O) groups is 2. The number of rotatable bonds is 9. The standard InChI is InChI=1S/C25H32Cl2N2O2S/c1-6-22(24(31)28-25(3,4)5)29(14-19-20(26)11-8-12-21(19)27)23(30)16-32-15-18-10-7-9-17(2)13-18/h7-13,22H,6,14-16H2,1-5H3,(H,28,31). The molecule has 0 saturated carbocycles. The molecule has 7 heteroatoms. The van der Waals surface area contributed by atoms with Crippen LogP contribution in [-0.4, -0.2) is 34.0 Å². The second-order valence-electron chi connectivity index (χ2n) is 8.87. The van der Waals surface area contributed by atoms with E-state index < -0.39 is 11.6 Å². The molecule has 0 radical (unpaired) electrons. The van der Waals surface area contributed by atoms with Gasteiger partial charge in [-0.2, -0.15) is 0 Å². The largest absolute Gasteiger partial charge is 0.350 e. The number of aryl methyl sites for hydroxylation is 1. The van der Waals surface area contributed by atoms with Gasteiger partial charge < -0.3 is 10.2 Å². The van der Waals surface area contributed by atoms with E-state index >= 15 is 0 Å². The summed E-state index contributed by atoms with van der Waals surface area (Å²) in [6, 6.07) is 12.9. The summed E-state index contributed by atoms with van der Waals surface area (Å²) >= 11 is 14.3. The predicted molar refractivity (Wildman–Crippen MR) is 136 cm³/mol. The SMILES string of the molecule is CCC(C(=O)NC(C)(C)C)N(Cc1c(Cl)cccc1Cl)C(=O)CSCc1cccc(C)c1. The molecule has 2 aromatic rings. The summed E-state index contributed by atoms with van der Waals surface area (Å²) in [6.07, 6.45) is 0.484. The van der Waals surface area contributed by atoms with Gasteiger partial charge in [0.1, 0.15) is 6.04 Å². The molecular weight excluding hydrogens is 463 g/mol. The lowest BCUT2D eigenvalue weighted by Gasteiger charge is -2.33. The first-order chi connectivity index (χ1) is 15.0. The van der Waals surface area contributed by atoms with Crippen LogP contribution in [0.1, 0.15) is 50.8 Å². The lowest BCUT2D eigenvalue weighted by Crippen LogP contribution is -2.53. The van der Waals surface area contributed by atoms with E-state index in [0.717, 1.165) is 5.75 Å². The maximum absolute atomic E-state index is 13.3. The van der Waals surface area contributed by atoms with Gasteiger partial charge in [-0.25, -0.2) is 0 Å². The Balaban J connectivity index is 2.23. The van der Waals surface area contributed by atoms with Crippen LogP contribution in [0, 0.1) is 6.92 Å².